The molecule has 0 fully saturated rings. The first kappa shape index (κ1) is 14.3. The summed E-state index contributed by atoms with van der Waals surface area (Å²) in [4.78, 5) is 2.89. The third kappa shape index (κ3) is 4.65. The molecule has 0 spiro atoms. The summed E-state index contributed by atoms with van der Waals surface area (Å²) in [7, 11) is -4.28. The maximum atomic E-state index is 10.5. The number of nitrogens with one attached hydrogen (secondary N) is 1. The molecule has 1 heterocycles. The van der Waals surface area contributed by atoms with E-state index in [0.717, 1.165) is 0 Å². The van der Waals surface area contributed by atoms with Crippen LogP contribution in [0.2, 0.25) is 0 Å². The van der Waals surface area contributed by atoms with Crippen molar-refractivity contribution in [2.24, 2.45) is 0 Å². The summed E-state index contributed by atoms with van der Waals surface area (Å²) < 4.78 is 31.5. The zero-order valence-corrected chi connectivity index (χ0v) is 11.1. The first-order valence-electron chi connectivity index (χ1n) is 5.36. The van der Waals surface area contributed by atoms with Crippen LogP contribution in [0.25, 0.3) is 0 Å². The molecule has 0 saturated carbocycles. The van der Waals surface area contributed by atoms with Crippen LogP contribution in [0.3, 0.4) is 0 Å². The van der Waals surface area contributed by atoms with Crippen molar-refractivity contribution >= 4 is 10.1 Å². The van der Waals surface area contributed by atoms with Crippen LogP contribution in [0, 0.1) is 13.8 Å². The van der Waals surface area contributed by atoms with Gasteiger partial charge in [0.05, 0.1) is 4.90 Å². The first-order valence-corrected chi connectivity index (χ1v) is 6.77. The second-order valence-electron chi connectivity index (χ2n) is 3.77. The van der Waals surface area contributed by atoms with E-state index in [9.17, 15) is 13.0 Å². The summed E-state index contributed by atoms with van der Waals surface area (Å²) in [5.74, 6) is 0. The van der Waals surface area contributed by atoms with Gasteiger partial charge in [-0.25, -0.2) is 13.4 Å². The number of benzene rings is 1. The van der Waals surface area contributed by atoms with Gasteiger partial charge in [-0.05, 0) is 18.6 Å². The molecule has 1 aromatic heterocycles. The highest BCUT2D eigenvalue weighted by atomic mass is 32.2. The number of H-pyrrole nitrogens is 1. The number of pyridine rings is 1. The van der Waals surface area contributed by atoms with Gasteiger partial charge in [-0.3, -0.25) is 0 Å². The van der Waals surface area contributed by atoms with Crippen LogP contribution in [0.1, 0.15) is 11.3 Å². The number of aromatic nitrogens is 1. The number of aryl methyl sites for hydroxylation is 2. The molecule has 0 amide bonds. The molecule has 18 heavy (non-hydrogen) atoms. The molecule has 0 unspecified atom stereocenters. The Balaban J connectivity index is 0.000000199. The number of hydrogen-bond acceptors (Lipinski definition) is 3. The predicted molar refractivity (Wildman–Crippen MR) is 66.9 cm³/mol. The lowest BCUT2D eigenvalue weighted by Gasteiger charge is -2.08. The Bertz CT molecular complexity index is 595. The fourth-order valence-electron chi connectivity index (χ4n) is 1.32. The molecule has 0 aliphatic rings. The van der Waals surface area contributed by atoms with Gasteiger partial charge in [-0.1, -0.05) is 24.3 Å². The van der Waals surface area contributed by atoms with Gasteiger partial charge < -0.3 is 4.55 Å². The second-order valence-corrected chi connectivity index (χ2v) is 5.11. The summed E-state index contributed by atoms with van der Waals surface area (Å²) in [5, 5.41) is 0. The molecule has 0 saturated heterocycles. The van der Waals surface area contributed by atoms with Gasteiger partial charge in [0.25, 0.3) is 0 Å². The fraction of sp³-hybridized carbons (Fsp3) is 0.154. The van der Waals surface area contributed by atoms with Crippen molar-refractivity contribution in [2.75, 3.05) is 0 Å². The topological polar surface area (TPSA) is 71.3 Å². The smallest absolute Gasteiger partial charge is 0.176 e. The maximum absolute atomic E-state index is 10.5. The monoisotopic (exact) mass is 265 g/mol. The molecule has 2 rings (SSSR count). The van der Waals surface area contributed by atoms with Crippen molar-refractivity contribution in [2.45, 2.75) is 18.7 Å². The van der Waals surface area contributed by atoms with E-state index in [1.54, 1.807) is 19.1 Å². The molecule has 5 heteroatoms. The zero-order chi connectivity index (χ0) is 13.6. The molecular formula is C13H15NO3S. The molecule has 0 bridgehead atoms. The normalized spacial score (nSPS) is 10.4. The fourth-order valence-corrected chi connectivity index (χ4v) is 2.03. The lowest BCUT2D eigenvalue weighted by molar-refractivity contribution is -0.387. The van der Waals surface area contributed by atoms with Gasteiger partial charge >= 0.3 is 0 Å². The van der Waals surface area contributed by atoms with Crippen LogP contribution in [0.4, 0.5) is 0 Å². The van der Waals surface area contributed by atoms with Gasteiger partial charge in [0.1, 0.15) is 10.1 Å². The van der Waals surface area contributed by atoms with E-state index in [-0.39, 0.29) is 4.90 Å². The van der Waals surface area contributed by atoms with E-state index in [0.29, 0.717) is 5.56 Å². The van der Waals surface area contributed by atoms with Gasteiger partial charge in [0.2, 0.25) is 0 Å². The molecule has 0 radical (unpaired) electrons. The molecule has 0 atom stereocenters. The standard InChI is InChI=1S/C7H8O3S.C6H7N/c1-6-4-2-3-5-7(6)11(8,9)10;1-6-4-2-3-5-7-6/h2-5H,1H3,(H,8,9,10);2-5H,1H3. The van der Waals surface area contributed by atoms with Gasteiger partial charge in [-0.2, -0.15) is 0 Å². The van der Waals surface area contributed by atoms with E-state index in [1.165, 1.54) is 17.8 Å². The summed E-state index contributed by atoms with van der Waals surface area (Å²) in [6, 6.07) is 12.1. The van der Waals surface area contributed by atoms with Crippen molar-refractivity contribution < 1.29 is 18.0 Å². The Kier molecular flexibility index (Phi) is 5.00. The molecule has 1 N–H and O–H groups in total. The summed E-state index contributed by atoms with van der Waals surface area (Å²) in [5.41, 5.74) is 1.69. The number of hydrogen-bond donors (Lipinski definition) is 0. The minimum Gasteiger partial charge on any atom is -0.744 e. The quantitative estimate of drug-likeness (QED) is 0.737. The van der Waals surface area contributed by atoms with Crippen molar-refractivity contribution in [3.05, 3.63) is 59.9 Å². The van der Waals surface area contributed by atoms with Crippen LogP contribution in [-0.4, -0.2) is 13.0 Å². The Hall–Kier alpha value is -1.72. The van der Waals surface area contributed by atoms with E-state index in [1.807, 2.05) is 31.3 Å². The largest absolute Gasteiger partial charge is 0.744 e. The molecular weight excluding hydrogens is 250 g/mol. The Morgan fingerprint density at radius 1 is 1.00 bits per heavy atom. The minimum absolute atomic E-state index is 0.139. The number of rotatable bonds is 1. The van der Waals surface area contributed by atoms with E-state index in [2.05, 4.69) is 4.98 Å². The SMILES string of the molecule is Cc1cccc[nH+]1.Cc1ccccc1S(=O)(=O)[O-]. The highest BCUT2D eigenvalue weighted by molar-refractivity contribution is 7.85. The molecule has 96 valence electrons. The summed E-state index contributed by atoms with van der Waals surface area (Å²) in [6.45, 7) is 3.62. The Morgan fingerprint density at radius 2 is 1.61 bits per heavy atom. The lowest BCUT2D eigenvalue weighted by Crippen LogP contribution is -2.02. The molecule has 0 aliphatic heterocycles. The van der Waals surface area contributed by atoms with Crippen LogP contribution >= 0.6 is 0 Å². The highest BCUT2D eigenvalue weighted by Gasteiger charge is 2.02. The second kappa shape index (κ2) is 6.28. The summed E-state index contributed by atoms with van der Waals surface area (Å²) >= 11 is 0. The van der Waals surface area contributed by atoms with Crippen LogP contribution < -0.4 is 4.98 Å². The first-order chi connectivity index (χ1) is 8.41. The third-order valence-corrected chi connectivity index (χ3v) is 3.22. The third-order valence-electron chi connectivity index (χ3n) is 2.23. The van der Waals surface area contributed by atoms with Crippen LogP contribution in [0.15, 0.2) is 53.6 Å². The maximum Gasteiger partial charge on any atom is 0.176 e. The molecule has 1 aromatic carbocycles. The van der Waals surface area contributed by atoms with Gasteiger partial charge in [0.15, 0.2) is 11.9 Å². The van der Waals surface area contributed by atoms with Crippen molar-refractivity contribution in [3.8, 4) is 0 Å². The molecule has 4 nitrogen and oxygen atoms in total. The lowest BCUT2D eigenvalue weighted by atomic mass is 10.2. The highest BCUT2D eigenvalue weighted by Crippen LogP contribution is 2.12. The number of aromatic amines is 1. The van der Waals surface area contributed by atoms with Crippen molar-refractivity contribution in [1.29, 1.82) is 0 Å². The van der Waals surface area contributed by atoms with Crippen LogP contribution in [0.5, 0.6) is 0 Å². The average molecular weight is 265 g/mol. The van der Waals surface area contributed by atoms with Crippen molar-refractivity contribution in [1.82, 2.24) is 0 Å². The molecule has 2 aromatic rings. The van der Waals surface area contributed by atoms with Crippen LogP contribution in [-0.2, 0) is 10.1 Å². The Morgan fingerprint density at radius 3 is 1.94 bits per heavy atom. The predicted octanol–water partition coefficient (Wildman–Crippen LogP) is 1.71. The minimum atomic E-state index is -4.28. The van der Waals surface area contributed by atoms with Gasteiger partial charge in [-0.15, -0.1) is 0 Å². The summed E-state index contributed by atoms with van der Waals surface area (Å²) in [6.07, 6.45) is 1.91. The van der Waals surface area contributed by atoms with Crippen molar-refractivity contribution in [3.63, 3.8) is 0 Å². The molecule has 0 aliphatic carbocycles. The van der Waals surface area contributed by atoms with E-state index >= 15 is 0 Å². The van der Waals surface area contributed by atoms with E-state index < -0.39 is 10.1 Å². The van der Waals surface area contributed by atoms with Gasteiger partial charge in [0, 0.05) is 19.1 Å². The Labute approximate surface area is 107 Å². The average Bonchev–Trinajstić information content (AvgIpc) is 2.30. The van der Waals surface area contributed by atoms with E-state index in [4.69, 9.17) is 0 Å². The zero-order valence-electron chi connectivity index (χ0n) is 10.3.